The Morgan fingerprint density at radius 2 is 1.86 bits per heavy atom. The molecule has 0 saturated carbocycles. The number of carbonyl (C=O) groups excluding carboxylic acids is 1. The second kappa shape index (κ2) is 5.89. The second-order valence-corrected chi connectivity index (χ2v) is 4.73. The minimum atomic E-state index is -0.447. The van der Waals surface area contributed by atoms with Crippen molar-refractivity contribution in [1.82, 2.24) is 0 Å². The molecule has 0 aliphatic carbocycles. The molecule has 0 bridgehead atoms. The summed E-state index contributed by atoms with van der Waals surface area (Å²) in [6, 6.07) is 10.9. The van der Waals surface area contributed by atoms with Gasteiger partial charge in [0.15, 0.2) is 0 Å². The summed E-state index contributed by atoms with van der Waals surface area (Å²) in [5.74, 6) is 0.275. The Morgan fingerprint density at radius 1 is 1.14 bits per heavy atom. The van der Waals surface area contributed by atoms with Gasteiger partial charge >= 0.3 is 5.97 Å². The molecule has 0 aliphatic rings. The van der Waals surface area contributed by atoms with Crippen LogP contribution < -0.4 is 9.47 Å². The van der Waals surface area contributed by atoms with E-state index in [1.54, 1.807) is 31.4 Å². The van der Waals surface area contributed by atoms with E-state index in [4.69, 9.17) is 13.9 Å². The van der Waals surface area contributed by atoms with E-state index < -0.39 is 5.97 Å². The lowest BCUT2D eigenvalue weighted by atomic mass is 10.1. The fraction of sp³-hybridized carbons (Fsp3) is 0.118. The van der Waals surface area contributed by atoms with Crippen molar-refractivity contribution >= 4 is 16.9 Å². The fourth-order valence-electron chi connectivity index (χ4n) is 2.16. The van der Waals surface area contributed by atoms with E-state index in [1.807, 2.05) is 0 Å². The molecule has 0 aliphatic heterocycles. The van der Waals surface area contributed by atoms with Crippen LogP contribution in [0.25, 0.3) is 11.0 Å². The van der Waals surface area contributed by atoms with Gasteiger partial charge in [0.25, 0.3) is 0 Å². The van der Waals surface area contributed by atoms with Gasteiger partial charge in [0.1, 0.15) is 22.9 Å². The topological polar surface area (TPSA) is 48.7 Å². The second-order valence-electron chi connectivity index (χ2n) is 4.73. The molecule has 2 aromatic carbocycles. The average Bonchev–Trinajstić information content (AvgIpc) is 2.90. The number of carbonyl (C=O) groups is 1. The first kappa shape index (κ1) is 14.1. The molecule has 1 heterocycles. The van der Waals surface area contributed by atoms with Crippen LogP contribution in [0.4, 0.5) is 4.39 Å². The Bertz CT molecular complexity index is 805. The third-order valence-corrected chi connectivity index (χ3v) is 3.24. The minimum absolute atomic E-state index is 0.00246. The lowest BCUT2D eigenvalue weighted by Crippen LogP contribution is -2.10. The summed E-state index contributed by atoms with van der Waals surface area (Å²) in [6.45, 7) is 0. The first-order chi connectivity index (χ1) is 10.7. The van der Waals surface area contributed by atoms with Crippen LogP contribution in [-0.2, 0) is 11.2 Å². The van der Waals surface area contributed by atoms with Crippen molar-refractivity contribution in [1.29, 1.82) is 0 Å². The quantitative estimate of drug-likeness (QED) is 0.544. The van der Waals surface area contributed by atoms with Gasteiger partial charge in [-0.05, 0) is 42.5 Å². The standard InChI is InChI=1S/C17H13FO4/c1-20-13-3-5-14(6-4-13)22-17(19)8-11-10-21-16-7-2-12(18)9-15(11)16/h2-7,9-10H,8H2,1H3. The van der Waals surface area contributed by atoms with E-state index in [0.717, 1.165) is 0 Å². The molecule has 0 fully saturated rings. The number of hydrogen-bond acceptors (Lipinski definition) is 4. The predicted octanol–water partition coefficient (Wildman–Crippen LogP) is 3.73. The number of furan rings is 1. The van der Waals surface area contributed by atoms with Crippen LogP contribution in [0.1, 0.15) is 5.56 Å². The SMILES string of the molecule is COc1ccc(OC(=O)Cc2coc3ccc(F)cc23)cc1. The predicted molar refractivity (Wildman–Crippen MR) is 78.5 cm³/mol. The number of benzene rings is 2. The van der Waals surface area contributed by atoms with Gasteiger partial charge in [0.2, 0.25) is 0 Å². The molecule has 3 rings (SSSR count). The van der Waals surface area contributed by atoms with Gasteiger partial charge in [-0.3, -0.25) is 4.79 Å². The molecule has 0 atom stereocenters. The van der Waals surface area contributed by atoms with E-state index in [-0.39, 0.29) is 12.2 Å². The largest absolute Gasteiger partial charge is 0.497 e. The van der Waals surface area contributed by atoms with Gasteiger partial charge < -0.3 is 13.9 Å². The summed E-state index contributed by atoms with van der Waals surface area (Å²) < 4.78 is 28.8. The summed E-state index contributed by atoms with van der Waals surface area (Å²) in [5.41, 5.74) is 1.13. The minimum Gasteiger partial charge on any atom is -0.497 e. The normalized spacial score (nSPS) is 10.6. The van der Waals surface area contributed by atoms with Crippen molar-refractivity contribution in [3.05, 3.63) is 60.1 Å². The highest BCUT2D eigenvalue weighted by atomic mass is 19.1. The van der Waals surface area contributed by atoms with Gasteiger partial charge in [-0.15, -0.1) is 0 Å². The fourth-order valence-corrected chi connectivity index (χ4v) is 2.16. The molecule has 0 N–H and O–H groups in total. The molecule has 0 amide bonds. The zero-order chi connectivity index (χ0) is 15.5. The van der Waals surface area contributed by atoms with E-state index >= 15 is 0 Å². The molecule has 0 radical (unpaired) electrons. The molecule has 0 spiro atoms. The van der Waals surface area contributed by atoms with Crippen LogP contribution >= 0.6 is 0 Å². The maximum Gasteiger partial charge on any atom is 0.315 e. The van der Waals surface area contributed by atoms with E-state index in [1.165, 1.54) is 24.5 Å². The average molecular weight is 300 g/mol. The molecule has 22 heavy (non-hydrogen) atoms. The highest BCUT2D eigenvalue weighted by molar-refractivity contribution is 5.86. The molecule has 0 saturated heterocycles. The monoisotopic (exact) mass is 300 g/mol. The Balaban J connectivity index is 1.73. The van der Waals surface area contributed by atoms with Gasteiger partial charge in [-0.25, -0.2) is 4.39 Å². The van der Waals surface area contributed by atoms with Crippen LogP contribution in [0.3, 0.4) is 0 Å². The third-order valence-electron chi connectivity index (χ3n) is 3.24. The number of halogens is 1. The first-order valence-corrected chi connectivity index (χ1v) is 6.66. The van der Waals surface area contributed by atoms with Crippen molar-refractivity contribution in [2.75, 3.05) is 7.11 Å². The molecule has 5 heteroatoms. The van der Waals surface area contributed by atoms with Crippen LogP contribution in [0.5, 0.6) is 11.5 Å². The lowest BCUT2D eigenvalue weighted by Gasteiger charge is -2.05. The van der Waals surface area contributed by atoms with Gasteiger partial charge in [0.05, 0.1) is 19.8 Å². The summed E-state index contributed by atoms with van der Waals surface area (Å²) in [7, 11) is 1.56. The zero-order valence-electron chi connectivity index (χ0n) is 11.8. The van der Waals surface area contributed by atoms with Crippen molar-refractivity contribution in [2.24, 2.45) is 0 Å². The summed E-state index contributed by atoms with van der Waals surface area (Å²) in [6.07, 6.45) is 1.45. The van der Waals surface area contributed by atoms with Gasteiger partial charge in [-0.1, -0.05) is 0 Å². The highest BCUT2D eigenvalue weighted by Crippen LogP contribution is 2.23. The third kappa shape index (κ3) is 2.93. The maximum atomic E-state index is 13.3. The summed E-state index contributed by atoms with van der Waals surface area (Å²) in [4.78, 5) is 12.0. The van der Waals surface area contributed by atoms with E-state index in [9.17, 15) is 9.18 Å². The summed E-state index contributed by atoms with van der Waals surface area (Å²) in [5, 5.41) is 0.576. The van der Waals surface area contributed by atoms with Gasteiger partial charge in [-0.2, -0.15) is 0 Å². The number of methoxy groups -OCH3 is 1. The molecular weight excluding hydrogens is 287 g/mol. The Labute approximate surface area is 126 Å². The zero-order valence-corrected chi connectivity index (χ0v) is 11.8. The molecule has 0 unspecified atom stereocenters. The highest BCUT2D eigenvalue weighted by Gasteiger charge is 2.13. The number of ether oxygens (including phenoxy) is 2. The Morgan fingerprint density at radius 3 is 2.59 bits per heavy atom. The number of rotatable bonds is 4. The molecule has 1 aromatic heterocycles. The molecule has 4 nitrogen and oxygen atoms in total. The maximum absolute atomic E-state index is 13.3. The van der Waals surface area contributed by atoms with Crippen LogP contribution in [0.2, 0.25) is 0 Å². The van der Waals surface area contributed by atoms with E-state index in [0.29, 0.717) is 28.0 Å². The Kier molecular flexibility index (Phi) is 3.78. The first-order valence-electron chi connectivity index (χ1n) is 6.66. The van der Waals surface area contributed by atoms with Crippen molar-refractivity contribution in [2.45, 2.75) is 6.42 Å². The molecule has 3 aromatic rings. The smallest absolute Gasteiger partial charge is 0.315 e. The van der Waals surface area contributed by atoms with Crippen LogP contribution in [0, 0.1) is 5.82 Å². The van der Waals surface area contributed by atoms with Gasteiger partial charge in [0, 0.05) is 10.9 Å². The van der Waals surface area contributed by atoms with Crippen LogP contribution in [-0.4, -0.2) is 13.1 Å². The molecule has 112 valence electrons. The van der Waals surface area contributed by atoms with Crippen molar-refractivity contribution < 1.29 is 23.1 Å². The van der Waals surface area contributed by atoms with Crippen LogP contribution in [0.15, 0.2) is 53.1 Å². The van der Waals surface area contributed by atoms with E-state index in [2.05, 4.69) is 0 Å². The number of esters is 1. The Hall–Kier alpha value is -2.82. The number of fused-ring (bicyclic) bond motifs is 1. The van der Waals surface area contributed by atoms with Crippen molar-refractivity contribution in [3.63, 3.8) is 0 Å². The van der Waals surface area contributed by atoms with Crippen molar-refractivity contribution in [3.8, 4) is 11.5 Å². The number of hydrogen-bond donors (Lipinski definition) is 0. The summed E-state index contributed by atoms with van der Waals surface area (Å²) >= 11 is 0. The lowest BCUT2D eigenvalue weighted by molar-refractivity contribution is -0.133. The molecular formula is C17H13FO4.